The lowest BCUT2D eigenvalue weighted by Gasteiger charge is -2.09. The zero-order valence-corrected chi connectivity index (χ0v) is 10.0. The van der Waals surface area contributed by atoms with Crippen LogP contribution >= 0.6 is 0 Å². The number of nitrogens with two attached hydrogens (primary N) is 1. The van der Waals surface area contributed by atoms with Crippen molar-refractivity contribution in [2.75, 3.05) is 14.2 Å². The van der Waals surface area contributed by atoms with Crippen LogP contribution in [0.4, 0.5) is 10.5 Å². The van der Waals surface area contributed by atoms with Crippen LogP contribution in [0.15, 0.2) is 12.1 Å². The number of rotatable bonds is 4. The van der Waals surface area contributed by atoms with Gasteiger partial charge in [-0.15, -0.1) is 0 Å². The molecule has 2 N–H and O–H groups in total. The maximum Gasteiger partial charge on any atom is 0.412 e. The van der Waals surface area contributed by atoms with Gasteiger partial charge in [-0.2, -0.15) is 0 Å². The van der Waals surface area contributed by atoms with Crippen molar-refractivity contribution in [2.24, 2.45) is 5.73 Å². The molecule has 0 spiro atoms. The minimum Gasteiger partial charge on any atom is -0.493 e. The third-order valence-corrected chi connectivity index (χ3v) is 2.11. The van der Waals surface area contributed by atoms with Crippen LogP contribution in [0.1, 0.15) is 10.4 Å². The van der Waals surface area contributed by atoms with Gasteiger partial charge in [-0.05, 0) is 0 Å². The zero-order valence-electron chi connectivity index (χ0n) is 10.0. The summed E-state index contributed by atoms with van der Waals surface area (Å²) in [7, 11) is 2.57. The van der Waals surface area contributed by atoms with E-state index in [1.807, 2.05) is 0 Å². The largest absolute Gasteiger partial charge is 0.493 e. The summed E-state index contributed by atoms with van der Waals surface area (Å²) in [6.07, 6.45) is -1.37. The predicted octanol–water partition coefficient (Wildman–Crippen LogP) is 0.847. The van der Waals surface area contributed by atoms with E-state index in [9.17, 15) is 19.7 Å². The third-order valence-electron chi connectivity index (χ3n) is 2.11. The highest BCUT2D eigenvalue weighted by molar-refractivity contribution is 6.00. The molecule has 1 amide bonds. The number of carbonyl (C=O) groups excluding carboxylic acids is 2. The van der Waals surface area contributed by atoms with E-state index in [0.717, 1.165) is 12.1 Å². The third kappa shape index (κ3) is 3.09. The number of hydrogen-bond donors (Lipinski definition) is 1. The fourth-order valence-electron chi connectivity index (χ4n) is 1.33. The molecule has 102 valence electrons. The first kappa shape index (κ1) is 14.2. The minimum absolute atomic E-state index is 0.0600. The fraction of sp³-hybridized carbons (Fsp3) is 0.200. The van der Waals surface area contributed by atoms with E-state index >= 15 is 0 Å². The molecule has 0 radical (unpaired) electrons. The standard InChI is InChI=1S/C10H10N2O7/c1-17-7-3-5(9(13)19-10(11)14)6(12(15)16)4-8(7)18-2/h3-4H,1-2H3,(H2,11,14). The molecule has 0 aromatic heterocycles. The fourth-order valence-corrected chi connectivity index (χ4v) is 1.33. The van der Waals surface area contributed by atoms with Gasteiger partial charge in [0.05, 0.1) is 25.2 Å². The maximum atomic E-state index is 11.5. The highest BCUT2D eigenvalue weighted by Crippen LogP contribution is 2.34. The van der Waals surface area contributed by atoms with Crippen LogP contribution in [0.5, 0.6) is 11.5 Å². The second-order valence-corrected chi connectivity index (χ2v) is 3.19. The minimum atomic E-state index is -1.37. The number of methoxy groups -OCH3 is 2. The van der Waals surface area contributed by atoms with E-state index in [4.69, 9.17) is 9.47 Å². The van der Waals surface area contributed by atoms with Crippen molar-refractivity contribution < 1.29 is 28.7 Å². The van der Waals surface area contributed by atoms with Crippen LogP contribution < -0.4 is 15.2 Å². The number of hydrogen-bond acceptors (Lipinski definition) is 7. The topological polar surface area (TPSA) is 131 Å². The van der Waals surface area contributed by atoms with E-state index in [-0.39, 0.29) is 11.5 Å². The quantitative estimate of drug-likeness (QED) is 0.371. The van der Waals surface area contributed by atoms with Crippen LogP contribution in [-0.4, -0.2) is 31.2 Å². The Morgan fingerprint density at radius 3 is 2.16 bits per heavy atom. The maximum absolute atomic E-state index is 11.5. The summed E-state index contributed by atoms with van der Waals surface area (Å²) < 4.78 is 13.9. The van der Waals surface area contributed by atoms with Crippen LogP contribution in [0.3, 0.4) is 0 Å². The highest BCUT2D eigenvalue weighted by Gasteiger charge is 2.26. The Balaban J connectivity index is 3.39. The summed E-state index contributed by atoms with van der Waals surface area (Å²) in [6.45, 7) is 0. The van der Waals surface area contributed by atoms with E-state index < -0.39 is 28.2 Å². The molecule has 0 unspecified atom stereocenters. The number of carbonyl (C=O) groups is 2. The second-order valence-electron chi connectivity index (χ2n) is 3.19. The molecule has 0 atom stereocenters. The van der Waals surface area contributed by atoms with Gasteiger partial charge in [-0.1, -0.05) is 0 Å². The molecule has 0 fully saturated rings. The SMILES string of the molecule is COc1cc(C(=O)OC(N)=O)c([N+](=O)[O-])cc1OC. The number of primary amides is 1. The lowest BCUT2D eigenvalue weighted by atomic mass is 10.1. The summed E-state index contributed by atoms with van der Waals surface area (Å²) in [5, 5.41) is 10.9. The van der Waals surface area contributed by atoms with Crippen molar-refractivity contribution in [3.63, 3.8) is 0 Å². The number of ether oxygens (including phenoxy) is 3. The number of nitro groups is 1. The van der Waals surface area contributed by atoms with E-state index in [1.54, 1.807) is 0 Å². The van der Waals surface area contributed by atoms with Gasteiger partial charge in [-0.25, -0.2) is 9.59 Å². The van der Waals surface area contributed by atoms with Crippen molar-refractivity contribution in [3.8, 4) is 11.5 Å². The summed E-state index contributed by atoms with van der Waals surface area (Å²) >= 11 is 0. The first-order valence-electron chi connectivity index (χ1n) is 4.82. The van der Waals surface area contributed by atoms with Crippen molar-refractivity contribution in [2.45, 2.75) is 0 Å². The Hall–Kier alpha value is -2.84. The van der Waals surface area contributed by atoms with Crippen molar-refractivity contribution in [3.05, 3.63) is 27.8 Å². The van der Waals surface area contributed by atoms with Gasteiger partial charge in [-0.3, -0.25) is 10.1 Å². The average Bonchev–Trinajstić information content (AvgIpc) is 2.35. The van der Waals surface area contributed by atoms with Crippen LogP contribution in [0, 0.1) is 10.1 Å². The van der Waals surface area contributed by atoms with Crippen molar-refractivity contribution in [1.82, 2.24) is 0 Å². The predicted molar refractivity (Wildman–Crippen MR) is 61.2 cm³/mol. The number of esters is 1. The Kier molecular flexibility index (Phi) is 4.24. The molecular weight excluding hydrogens is 260 g/mol. The Morgan fingerprint density at radius 2 is 1.74 bits per heavy atom. The normalized spacial score (nSPS) is 9.58. The first-order valence-corrected chi connectivity index (χ1v) is 4.82. The number of nitrogens with zero attached hydrogens (tertiary/aromatic N) is 1. The molecular formula is C10H10N2O7. The molecule has 0 aliphatic carbocycles. The van der Waals surface area contributed by atoms with E-state index in [1.165, 1.54) is 14.2 Å². The van der Waals surface area contributed by atoms with Gasteiger partial charge in [0, 0.05) is 6.07 Å². The van der Waals surface area contributed by atoms with E-state index in [0.29, 0.717) is 0 Å². The average molecular weight is 270 g/mol. The molecule has 0 heterocycles. The Bertz CT molecular complexity index is 541. The lowest BCUT2D eigenvalue weighted by Crippen LogP contribution is -2.19. The number of amides is 1. The Morgan fingerprint density at radius 1 is 1.21 bits per heavy atom. The molecule has 19 heavy (non-hydrogen) atoms. The second kappa shape index (κ2) is 5.67. The monoisotopic (exact) mass is 270 g/mol. The van der Waals surface area contributed by atoms with Crippen molar-refractivity contribution >= 4 is 17.7 Å². The molecule has 1 rings (SSSR count). The van der Waals surface area contributed by atoms with Gasteiger partial charge in [0.2, 0.25) is 0 Å². The molecule has 0 saturated carbocycles. The molecule has 1 aromatic rings. The summed E-state index contributed by atoms with van der Waals surface area (Å²) in [5.41, 5.74) is 3.61. The van der Waals surface area contributed by atoms with Gasteiger partial charge < -0.3 is 19.9 Å². The van der Waals surface area contributed by atoms with Crippen molar-refractivity contribution in [1.29, 1.82) is 0 Å². The van der Waals surface area contributed by atoms with Crippen LogP contribution in [0.25, 0.3) is 0 Å². The van der Waals surface area contributed by atoms with E-state index in [2.05, 4.69) is 10.5 Å². The lowest BCUT2D eigenvalue weighted by molar-refractivity contribution is -0.385. The molecule has 0 aliphatic rings. The molecule has 9 heteroatoms. The highest BCUT2D eigenvalue weighted by atomic mass is 16.6. The van der Waals surface area contributed by atoms with Crippen LogP contribution in [-0.2, 0) is 4.74 Å². The van der Waals surface area contributed by atoms with Gasteiger partial charge in [0.25, 0.3) is 5.69 Å². The summed E-state index contributed by atoms with van der Waals surface area (Å²) in [6, 6.07) is 2.01. The van der Waals surface area contributed by atoms with Gasteiger partial charge in [0.15, 0.2) is 11.5 Å². The molecule has 0 saturated heterocycles. The van der Waals surface area contributed by atoms with Crippen LogP contribution in [0.2, 0.25) is 0 Å². The Labute approximate surface area is 107 Å². The zero-order chi connectivity index (χ0) is 14.6. The smallest absolute Gasteiger partial charge is 0.412 e. The van der Waals surface area contributed by atoms with Gasteiger partial charge in [0.1, 0.15) is 5.56 Å². The molecule has 1 aromatic carbocycles. The molecule has 9 nitrogen and oxygen atoms in total. The molecule has 0 bridgehead atoms. The van der Waals surface area contributed by atoms with Gasteiger partial charge >= 0.3 is 12.1 Å². The summed E-state index contributed by atoms with van der Waals surface area (Å²) in [4.78, 5) is 32.1. The number of nitro benzene ring substituents is 1. The summed E-state index contributed by atoms with van der Waals surface area (Å²) in [5.74, 6) is -1.12. The number of benzene rings is 1. The first-order chi connectivity index (χ1) is 8.90. The molecule has 0 aliphatic heterocycles.